The number of halogens is 3. The maximum atomic E-state index is 12.3. The highest BCUT2D eigenvalue weighted by Crippen LogP contribution is 2.29. The van der Waals surface area contributed by atoms with E-state index in [2.05, 4.69) is 9.97 Å². The minimum absolute atomic E-state index is 0.175. The predicted octanol–water partition coefficient (Wildman–Crippen LogP) is 2.23. The molecule has 3 nitrogen and oxygen atoms in total. The topological polar surface area (TPSA) is 51.8 Å². The number of hydrogen-bond donors (Lipinski definition) is 1. The first-order valence-electron chi connectivity index (χ1n) is 4.07. The molecular weight excluding hydrogens is 207 g/mol. The third-order valence-electron chi connectivity index (χ3n) is 1.94. The van der Waals surface area contributed by atoms with Gasteiger partial charge in [-0.05, 0) is 18.2 Å². The van der Waals surface area contributed by atoms with Crippen LogP contribution in [-0.2, 0) is 6.18 Å². The molecule has 0 saturated carbocycles. The standard InChI is InChI=1S/C9H6F3N3/c10-9(11,12)7-2-1-5-6(15-7)3-4-14-8(5)13/h1-4H,(H2,13,14). The molecule has 0 unspecified atom stereocenters. The number of anilines is 1. The van der Waals surface area contributed by atoms with Crippen molar-refractivity contribution in [2.75, 3.05) is 5.73 Å². The van der Waals surface area contributed by atoms with Crippen molar-refractivity contribution in [3.05, 3.63) is 30.1 Å². The Morgan fingerprint density at radius 1 is 1.13 bits per heavy atom. The highest BCUT2D eigenvalue weighted by molar-refractivity contribution is 5.87. The van der Waals surface area contributed by atoms with Crippen LogP contribution < -0.4 is 5.73 Å². The molecule has 6 heteroatoms. The van der Waals surface area contributed by atoms with Gasteiger partial charge in [0.2, 0.25) is 0 Å². The number of pyridine rings is 2. The van der Waals surface area contributed by atoms with E-state index in [9.17, 15) is 13.2 Å². The molecule has 0 amide bonds. The number of alkyl halides is 3. The lowest BCUT2D eigenvalue weighted by Gasteiger charge is -2.06. The Labute approximate surface area is 82.8 Å². The number of nitrogens with two attached hydrogens (primary N) is 1. The van der Waals surface area contributed by atoms with Crippen molar-refractivity contribution in [1.29, 1.82) is 0 Å². The maximum absolute atomic E-state index is 12.3. The number of hydrogen-bond acceptors (Lipinski definition) is 3. The molecule has 0 fully saturated rings. The molecule has 0 aromatic carbocycles. The monoisotopic (exact) mass is 213 g/mol. The highest BCUT2D eigenvalue weighted by atomic mass is 19.4. The highest BCUT2D eigenvalue weighted by Gasteiger charge is 2.32. The van der Waals surface area contributed by atoms with E-state index in [-0.39, 0.29) is 11.3 Å². The molecule has 78 valence electrons. The van der Waals surface area contributed by atoms with Gasteiger partial charge >= 0.3 is 6.18 Å². The van der Waals surface area contributed by atoms with Crippen LogP contribution in [0.1, 0.15) is 5.69 Å². The molecule has 0 bridgehead atoms. The van der Waals surface area contributed by atoms with E-state index < -0.39 is 11.9 Å². The quantitative estimate of drug-likeness (QED) is 0.730. The molecule has 0 aliphatic carbocycles. The summed E-state index contributed by atoms with van der Waals surface area (Å²) in [7, 11) is 0. The Bertz CT molecular complexity index is 507. The van der Waals surface area contributed by atoms with E-state index in [1.165, 1.54) is 18.3 Å². The second kappa shape index (κ2) is 3.08. The normalized spacial score (nSPS) is 11.9. The van der Waals surface area contributed by atoms with Gasteiger partial charge in [0.25, 0.3) is 0 Å². The fraction of sp³-hybridized carbons (Fsp3) is 0.111. The van der Waals surface area contributed by atoms with Crippen LogP contribution in [0.4, 0.5) is 19.0 Å². The molecule has 2 N–H and O–H groups in total. The minimum atomic E-state index is -4.44. The van der Waals surface area contributed by atoms with Crippen LogP contribution in [0.5, 0.6) is 0 Å². The van der Waals surface area contributed by atoms with Crippen molar-refractivity contribution in [3.8, 4) is 0 Å². The zero-order valence-corrected chi connectivity index (χ0v) is 7.42. The first kappa shape index (κ1) is 9.70. The van der Waals surface area contributed by atoms with E-state index in [0.717, 1.165) is 6.07 Å². The Morgan fingerprint density at radius 2 is 1.87 bits per heavy atom. The van der Waals surface area contributed by atoms with Gasteiger partial charge in [-0.1, -0.05) is 0 Å². The van der Waals surface area contributed by atoms with E-state index in [4.69, 9.17) is 5.73 Å². The molecular formula is C9H6F3N3. The second-order valence-electron chi connectivity index (χ2n) is 2.96. The van der Waals surface area contributed by atoms with Crippen molar-refractivity contribution in [3.63, 3.8) is 0 Å². The molecule has 2 aromatic heterocycles. The van der Waals surface area contributed by atoms with Crippen LogP contribution in [0.15, 0.2) is 24.4 Å². The molecule has 0 aliphatic rings. The number of nitrogen functional groups attached to an aromatic ring is 1. The Balaban J connectivity index is 2.68. The van der Waals surface area contributed by atoms with Crippen molar-refractivity contribution in [1.82, 2.24) is 9.97 Å². The number of aromatic nitrogens is 2. The van der Waals surface area contributed by atoms with Gasteiger partial charge in [0.15, 0.2) is 0 Å². The molecule has 0 spiro atoms. The zero-order chi connectivity index (χ0) is 11.1. The molecule has 2 aromatic rings. The summed E-state index contributed by atoms with van der Waals surface area (Å²) in [5, 5.41) is 0.422. The lowest BCUT2D eigenvalue weighted by Crippen LogP contribution is -2.07. The van der Waals surface area contributed by atoms with Crippen molar-refractivity contribution >= 4 is 16.7 Å². The first-order chi connectivity index (χ1) is 6.98. The van der Waals surface area contributed by atoms with Crippen LogP contribution >= 0.6 is 0 Å². The molecule has 2 rings (SSSR count). The summed E-state index contributed by atoms with van der Waals surface area (Å²) in [6, 6.07) is 3.55. The molecule has 0 aliphatic heterocycles. The van der Waals surface area contributed by atoms with Gasteiger partial charge in [0, 0.05) is 11.6 Å². The molecule has 15 heavy (non-hydrogen) atoms. The maximum Gasteiger partial charge on any atom is 0.433 e. The summed E-state index contributed by atoms with van der Waals surface area (Å²) in [4.78, 5) is 7.22. The smallest absolute Gasteiger partial charge is 0.383 e. The summed E-state index contributed by atoms with van der Waals surface area (Å²) in [5.74, 6) is 0.175. The predicted molar refractivity (Wildman–Crippen MR) is 49.0 cm³/mol. The van der Waals surface area contributed by atoms with E-state index >= 15 is 0 Å². The van der Waals surface area contributed by atoms with Crippen LogP contribution in [0.3, 0.4) is 0 Å². The van der Waals surface area contributed by atoms with Crippen LogP contribution in [0, 0.1) is 0 Å². The van der Waals surface area contributed by atoms with E-state index in [1.807, 2.05) is 0 Å². The lowest BCUT2D eigenvalue weighted by molar-refractivity contribution is -0.140. The summed E-state index contributed by atoms with van der Waals surface area (Å²) in [6.45, 7) is 0. The van der Waals surface area contributed by atoms with Crippen LogP contribution in [0.2, 0.25) is 0 Å². The lowest BCUT2D eigenvalue weighted by atomic mass is 10.2. The molecule has 0 saturated heterocycles. The summed E-state index contributed by atoms with van der Waals surface area (Å²) in [6.07, 6.45) is -3.11. The Kier molecular flexibility index (Phi) is 1.99. The van der Waals surface area contributed by atoms with Crippen molar-refractivity contribution in [2.24, 2.45) is 0 Å². The first-order valence-corrected chi connectivity index (χ1v) is 4.07. The Morgan fingerprint density at radius 3 is 2.53 bits per heavy atom. The summed E-state index contributed by atoms with van der Waals surface area (Å²) >= 11 is 0. The van der Waals surface area contributed by atoms with Crippen molar-refractivity contribution < 1.29 is 13.2 Å². The molecule has 2 heterocycles. The number of nitrogens with zero attached hydrogens (tertiary/aromatic N) is 2. The zero-order valence-electron chi connectivity index (χ0n) is 7.42. The molecule has 0 radical (unpaired) electrons. The van der Waals surface area contributed by atoms with Gasteiger partial charge in [0.05, 0.1) is 5.52 Å². The largest absolute Gasteiger partial charge is 0.433 e. The van der Waals surface area contributed by atoms with Gasteiger partial charge in [0.1, 0.15) is 11.5 Å². The minimum Gasteiger partial charge on any atom is -0.383 e. The molecule has 0 atom stereocenters. The Hall–Kier alpha value is -1.85. The average molecular weight is 213 g/mol. The fourth-order valence-electron chi connectivity index (χ4n) is 1.23. The van der Waals surface area contributed by atoms with Gasteiger partial charge in [-0.15, -0.1) is 0 Å². The summed E-state index contributed by atoms with van der Waals surface area (Å²) < 4.78 is 36.9. The summed E-state index contributed by atoms with van der Waals surface area (Å²) in [5.41, 5.74) is 4.74. The number of fused-ring (bicyclic) bond motifs is 1. The van der Waals surface area contributed by atoms with Gasteiger partial charge < -0.3 is 5.73 Å². The average Bonchev–Trinajstić information content (AvgIpc) is 2.16. The van der Waals surface area contributed by atoms with Gasteiger partial charge in [-0.3, -0.25) is 0 Å². The van der Waals surface area contributed by atoms with Crippen LogP contribution in [0.25, 0.3) is 10.9 Å². The van der Waals surface area contributed by atoms with Crippen molar-refractivity contribution in [2.45, 2.75) is 6.18 Å². The SMILES string of the molecule is Nc1nccc2nc(C(F)(F)F)ccc12. The van der Waals surface area contributed by atoms with Gasteiger partial charge in [-0.2, -0.15) is 13.2 Å². The van der Waals surface area contributed by atoms with E-state index in [1.54, 1.807) is 0 Å². The fourth-order valence-corrected chi connectivity index (χ4v) is 1.23. The second-order valence-corrected chi connectivity index (χ2v) is 2.96. The third-order valence-corrected chi connectivity index (χ3v) is 1.94. The van der Waals surface area contributed by atoms with E-state index in [0.29, 0.717) is 5.39 Å². The third kappa shape index (κ3) is 1.70. The number of rotatable bonds is 0. The van der Waals surface area contributed by atoms with Gasteiger partial charge in [-0.25, -0.2) is 9.97 Å². The van der Waals surface area contributed by atoms with Crippen LogP contribution in [-0.4, -0.2) is 9.97 Å².